The fraction of sp³-hybridized carbons (Fsp3) is 0.118. The zero-order valence-corrected chi connectivity index (χ0v) is 15.2. The van der Waals surface area contributed by atoms with Gasteiger partial charge in [0.25, 0.3) is 5.22 Å². The Bertz CT molecular complexity index is 954. The van der Waals surface area contributed by atoms with Gasteiger partial charge in [0.1, 0.15) is 5.82 Å². The molecule has 130 valence electrons. The summed E-state index contributed by atoms with van der Waals surface area (Å²) in [7, 11) is -3.39. The van der Waals surface area contributed by atoms with Crippen molar-refractivity contribution in [3.8, 4) is 11.3 Å². The molecule has 3 aromatic rings. The average Bonchev–Trinajstić information content (AvgIpc) is 3.04. The van der Waals surface area contributed by atoms with Crippen molar-refractivity contribution in [2.75, 3.05) is 11.5 Å². The Balaban J connectivity index is 1.61. The minimum atomic E-state index is -3.39. The van der Waals surface area contributed by atoms with Crippen LogP contribution in [0.5, 0.6) is 0 Å². The third-order valence-corrected chi connectivity index (χ3v) is 6.45. The predicted octanol–water partition coefficient (Wildman–Crippen LogP) is 4.70. The Labute approximate surface area is 154 Å². The first-order valence-corrected chi connectivity index (χ1v) is 10.3. The number of rotatable bonds is 6. The maximum atomic E-state index is 12.9. The Morgan fingerprint density at radius 1 is 1.08 bits per heavy atom. The van der Waals surface area contributed by atoms with E-state index in [2.05, 4.69) is 4.98 Å². The fourth-order valence-electron chi connectivity index (χ4n) is 2.07. The summed E-state index contributed by atoms with van der Waals surface area (Å²) < 4.78 is 43.0. The van der Waals surface area contributed by atoms with Gasteiger partial charge in [-0.05, 0) is 48.5 Å². The zero-order valence-electron chi connectivity index (χ0n) is 12.9. The lowest BCUT2D eigenvalue weighted by Gasteiger charge is -2.03. The predicted molar refractivity (Wildman–Crippen MR) is 96.1 cm³/mol. The van der Waals surface area contributed by atoms with Crippen molar-refractivity contribution in [1.82, 2.24) is 4.98 Å². The van der Waals surface area contributed by atoms with Gasteiger partial charge in [-0.25, -0.2) is 17.8 Å². The summed E-state index contributed by atoms with van der Waals surface area (Å²) in [4.78, 5) is 4.34. The van der Waals surface area contributed by atoms with Gasteiger partial charge in [-0.3, -0.25) is 0 Å². The molecule has 0 atom stereocenters. The highest BCUT2D eigenvalue weighted by atomic mass is 35.5. The molecule has 1 heterocycles. The number of nitrogens with zero attached hydrogens (tertiary/aromatic N) is 1. The standard InChI is InChI=1S/C17H13ClFNO3S2/c18-13-3-7-15(8-4-13)25(21,22)10-9-24-17-20-11-16(23-17)12-1-5-14(19)6-2-12/h1-8,11H,9-10H2. The van der Waals surface area contributed by atoms with Crippen molar-refractivity contribution in [1.29, 1.82) is 0 Å². The smallest absolute Gasteiger partial charge is 0.256 e. The number of sulfone groups is 1. The number of aromatic nitrogens is 1. The van der Waals surface area contributed by atoms with Crippen molar-refractivity contribution in [3.05, 3.63) is 65.6 Å². The van der Waals surface area contributed by atoms with Crippen molar-refractivity contribution in [2.45, 2.75) is 10.1 Å². The minimum absolute atomic E-state index is 0.0481. The van der Waals surface area contributed by atoms with Gasteiger partial charge < -0.3 is 4.42 Å². The Morgan fingerprint density at radius 2 is 1.76 bits per heavy atom. The highest BCUT2D eigenvalue weighted by Gasteiger charge is 2.15. The number of hydrogen-bond acceptors (Lipinski definition) is 5. The van der Waals surface area contributed by atoms with Gasteiger partial charge in [0.15, 0.2) is 15.6 Å². The van der Waals surface area contributed by atoms with E-state index in [1.54, 1.807) is 24.3 Å². The second-order valence-electron chi connectivity index (χ2n) is 5.12. The molecule has 2 aromatic carbocycles. The summed E-state index contributed by atoms with van der Waals surface area (Å²) in [6, 6.07) is 11.9. The van der Waals surface area contributed by atoms with E-state index in [4.69, 9.17) is 16.0 Å². The maximum absolute atomic E-state index is 12.9. The lowest BCUT2D eigenvalue weighted by molar-refractivity contribution is 0.466. The summed E-state index contributed by atoms with van der Waals surface area (Å²) in [6.45, 7) is 0. The molecule has 0 aliphatic heterocycles. The lowest BCUT2D eigenvalue weighted by atomic mass is 10.2. The first kappa shape index (κ1) is 18.0. The van der Waals surface area contributed by atoms with Crippen LogP contribution in [0.4, 0.5) is 4.39 Å². The van der Waals surface area contributed by atoms with E-state index in [1.807, 2.05) is 0 Å². The van der Waals surface area contributed by atoms with E-state index in [-0.39, 0.29) is 16.5 Å². The second-order valence-corrected chi connectivity index (χ2v) is 8.71. The van der Waals surface area contributed by atoms with Gasteiger partial charge in [-0.1, -0.05) is 23.4 Å². The molecule has 0 aliphatic rings. The second kappa shape index (κ2) is 7.59. The van der Waals surface area contributed by atoms with Crippen LogP contribution >= 0.6 is 23.4 Å². The molecule has 0 radical (unpaired) electrons. The Morgan fingerprint density at radius 3 is 2.44 bits per heavy atom. The molecule has 0 amide bonds. The van der Waals surface area contributed by atoms with Crippen LogP contribution in [0.1, 0.15) is 0 Å². The van der Waals surface area contributed by atoms with E-state index in [9.17, 15) is 12.8 Å². The molecule has 0 spiro atoms. The number of hydrogen-bond donors (Lipinski definition) is 0. The van der Waals surface area contributed by atoms with E-state index in [1.165, 1.54) is 42.2 Å². The molecular weight excluding hydrogens is 385 g/mol. The molecule has 0 saturated heterocycles. The first-order valence-electron chi connectivity index (χ1n) is 7.27. The largest absolute Gasteiger partial charge is 0.431 e. The fourth-order valence-corrected chi connectivity index (χ4v) is 4.64. The molecule has 0 saturated carbocycles. The normalized spacial score (nSPS) is 11.6. The van der Waals surface area contributed by atoms with E-state index < -0.39 is 9.84 Å². The van der Waals surface area contributed by atoms with Gasteiger partial charge in [0, 0.05) is 16.3 Å². The number of oxazole rings is 1. The van der Waals surface area contributed by atoms with Crippen LogP contribution in [-0.2, 0) is 9.84 Å². The van der Waals surface area contributed by atoms with Crippen LogP contribution in [0.3, 0.4) is 0 Å². The van der Waals surface area contributed by atoms with Crippen molar-refractivity contribution < 1.29 is 17.2 Å². The first-order chi connectivity index (χ1) is 11.9. The summed E-state index contributed by atoms with van der Waals surface area (Å²) >= 11 is 6.97. The van der Waals surface area contributed by atoms with Crippen LogP contribution in [0.2, 0.25) is 5.02 Å². The molecular formula is C17H13ClFNO3S2. The molecule has 0 bridgehead atoms. The van der Waals surface area contributed by atoms with Crippen LogP contribution in [-0.4, -0.2) is 24.9 Å². The van der Waals surface area contributed by atoms with E-state index >= 15 is 0 Å². The molecule has 0 unspecified atom stereocenters. The zero-order chi connectivity index (χ0) is 17.9. The Kier molecular flexibility index (Phi) is 5.46. The topological polar surface area (TPSA) is 60.2 Å². The van der Waals surface area contributed by atoms with Crippen LogP contribution < -0.4 is 0 Å². The molecule has 0 fully saturated rings. The third kappa shape index (κ3) is 4.62. The minimum Gasteiger partial charge on any atom is -0.431 e. The Hall–Kier alpha value is -1.83. The lowest BCUT2D eigenvalue weighted by Crippen LogP contribution is -2.08. The summed E-state index contributed by atoms with van der Waals surface area (Å²) in [5.41, 5.74) is 0.703. The van der Waals surface area contributed by atoms with Crippen LogP contribution in [0, 0.1) is 5.82 Å². The third-order valence-electron chi connectivity index (χ3n) is 3.36. The van der Waals surface area contributed by atoms with Crippen molar-refractivity contribution in [2.24, 2.45) is 0 Å². The average molecular weight is 398 g/mol. The van der Waals surface area contributed by atoms with Gasteiger partial charge >= 0.3 is 0 Å². The van der Waals surface area contributed by atoms with Gasteiger partial charge in [-0.15, -0.1) is 0 Å². The molecule has 3 rings (SSSR count). The maximum Gasteiger partial charge on any atom is 0.256 e. The molecule has 0 N–H and O–H groups in total. The molecule has 4 nitrogen and oxygen atoms in total. The van der Waals surface area contributed by atoms with Gasteiger partial charge in [0.05, 0.1) is 16.8 Å². The monoisotopic (exact) mass is 397 g/mol. The molecule has 8 heteroatoms. The van der Waals surface area contributed by atoms with Gasteiger partial charge in [-0.2, -0.15) is 0 Å². The van der Waals surface area contributed by atoms with Crippen LogP contribution in [0.15, 0.2) is 69.3 Å². The number of halogens is 2. The summed E-state index contributed by atoms with van der Waals surface area (Å²) in [5.74, 6) is 0.426. The highest BCUT2D eigenvalue weighted by molar-refractivity contribution is 8.00. The van der Waals surface area contributed by atoms with Crippen LogP contribution in [0.25, 0.3) is 11.3 Å². The van der Waals surface area contributed by atoms with E-state index in [0.29, 0.717) is 27.3 Å². The van der Waals surface area contributed by atoms with Crippen molar-refractivity contribution >= 4 is 33.2 Å². The summed E-state index contributed by atoms with van der Waals surface area (Å²) in [6.07, 6.45) is 1.53. The quantitative estimate of drug-likeness (QED) is 0.564. The van der Waals surface area contributed by atoms with Gasteiger partial charge in [0.2, 0.25) is 0 Å². The highest BCUT2D eigenvalue weighted by Crippen LogP contribution is 2.26. The number of thioether (sulfide) groups is 1. The summed E-state index contributed by atoms with van der Waals surface area (Å²) in [5, 5.41) is 0.854. The molecule has 1 aromatic heterocycles. The SMILES string of the molecule is O=S(=O)(CCSc1ncc(-c2ccc(F)cc2)o1)c1ccc(Cl)cc1. The molecule has 25 heavy (non-hydrogen) atoms. The molecule has 0 aliphatic carbocycles. The van der Waals surface area contributed by atoms with Crippen molar-refractivity contribution in [3.63, 3.8) is 0 Å². The van der Waals surface area contributed by atoms with E-state index in [0.717, 1.165) is 0 Å². The number of benzene rings is 2.